The Bertz CT molecular complexity index is 362. The number of carbonyl (C=O) groups excluding carboxylic acids is 1. The molecule has 2 N–H and O–H groups in total. The van der Waals surface area contributed by atoms with E-state index in [9.17, 15) is 22.8 Å². The largest absolute Gasteiger partial charge is 0.481 e. The maximum Gasteiger partial charge on any atom is 0.394 e. The van der Waals surface area contributed by atoms with Crippen molar-refractivity contribution >= 4 is 12.0 Å². The second kappa shape index (κ2) is 6.78. The molecule has 0 unspecified atom stereocenters. The van der Waals surface area contributed by atoms with Crippen molar-refractivity contribution in [2.45, 2.75) is 12.6 Å². The molecular formula is C11H17F3N2O4. The molecule has 1 saturated heterocycles. The van der Waals surface area contributed by atoms with Crippen LogP contribution in [0.5, 0.6) is 0 Å². The number of hydrogen-bond donors (Lipinski definition) is 2. The minimum atomic E-state index is -4.63. The average Bonchev–Trinajstić information content (AvgIpc) is 2.79. The van der Waals surface area contributed by atoms with Crippen molar-refractivity contribution in [3.05, 3.63) is 0 Å². The van der Waals surface area contributed by atoms with Crippen LogP contribution >= 0.6 is 0 Å². The molecule has 0 saturated carbocycles. The number of carboxylic acids is 1. The number of likely N-dealkylation sites (tertiary alicyclic amines) is 1. The molecular weight excluding hydrogens is 281 g/mol. The molecule has 9 heteroatoms. The molecule has 0 spiro atoms. The minimum Gasteiger partial charge on any atom is -0.481 e. The van der Waals surface area contributed by atoms with Gasteiger partial charge >= 0.3 is 18.2 Å². The zero-order valence-corrected chi connectivity index (χ0v) is 10.9. The number of rotatable bonds is 5. The molecule has 1 rings (SSSR count). The van der Waals surface area contributed by atoms with Gasteiger partial charge in [0, 0.05) is 33.4 Å². The van der Waals surface area contributed by atoms with Gasteiger partial charge in [-0.15, -0.1) is 0 Å². The van der Waals surface area contributed by atoms with Crippen LogP contribution in [0, 0.1) is 11.8 Å². The molecule has 0 aromatic heterocycles. The van der Waals surface area contributed by atoms with Gasteiger partial charge in [0.05, 0.1) is 11.8 Å². The number of nitrogens with one attached hydrogen (secondary N) is 1. The number of amides is 2. The second-order valence-electron chi connectivity index (χ2n) is 4.58. The monoisotopic (exact) mass is 298 g/mol. The van der Waals surface area contributed by atoms with Crippen molar-refractivity contribution in [2.75, 3.05) is 33.4 Å². The Kier molecular flexibility index (Phi) is 5.61. The number of urea groups is 1. The van der Waals surface area contributed by atoms with Crippen LogP contribution in [-0.4, -0.2) is 61.5 Å². The van der Waals surface area contributed by atoms with Crippen LogP contribution in [0.25, 0.3) is 0 Å². The molecule has 1 aliphatic rings. The van der Waals surface area contributed by atoms with E-state index in [-0.39, 0.29) is 6.54 Å². The lowest BCUT2D eigenvalue weighted by molar-refractivity contribution is -0.187. The number of alkyl halides is 3. The predicted molar refractivity (Wildman–Crippen MR) is 62.1 cm³/mol. The Morgan fingerprint density at radius 2 is 2.05 bits per heavy atom. The number of carboxylic acid groups (broad SMARTS) is 1. The highest BCUT2D eigenvalue weighted by Gasteiger charge is 2.53. The quantitative estimate of drug-likeness (QED) is 0.740. The van der Waals surface area contributed by atoms with Crippen molar-refractivity contribution < 1.29 is 32.6 Å². The van der Waals surface area contributed by atoms with E-state index in [1.807, 2.05) is 0 Å². The van der Waals surface area contributed by atoms with Crippen LogP contribution < -0.4 is 5.32 Å². The van der Waals surface area contributed by atoms with Crippen LogP contribution in [-0.2, 0) is 9.53 Å². The van der Waals surface area contributed by atoms with E-state index in [2.05, 4.69) is 5.32 Å². The molecule has 2 amide bonds. The van der Waals surface area contributed by atoms with Crippen molar-refractivity contribution in [2.24, 2.45) is 11.8 Å². The third-order valence-electron chi connectivity index (χ3n) is 3.15. The van der Waals surface area contributed by atoms with Gasteiger partial charge in [0.15, 0.2) is 0 Å². The van der Waals surface area contributed by atoms with Gasteiger partial charge in [-0.05, 0) is 6.42 Å². The molecule has 0 aromatic rings. The normalized spacial score (nSPS) is 22.9. The Labute approximate surface area is 113 Å². The average molecular weight is 298 g/mol. The lowest BCUT2D eigenvalue weighted by Gasteiger charge is -2.18. The van der Waals surface area contributed by atoms with E-state index in [1.165, 1.54) is 7.11 Å². The summed E-state index contributed by atoms with van der Waals surface area (Å²) < 4.78 is 42.9. The molecule has 2 atom stereocenters. The highest BCUT2D eigenvalue weighted by molar-refractivity contribution is 5.77. The maximum absolute atomic E-state index is 12.7. The molecule has 0 radical (unpaired) electrons. The van der Waals surface area contributed by atoms with Crippen molar-refractivity contribution in [3.63, 3.8) is 0 Å². The molecule has 20 heavy (non-hydrogen) atoms. The molecule has 1 fully saturated rings. The van der Waals surface area contributed by atoms with E-state index < -0.39 is 43.1 Å². The fourth-order valence-corrected chi connectivity index (χ4v) is 2.08. The first-order valence-electron chi connectivity index (χ1n) is 6.08. The van der Waals surface area contributed by atoms with E-state index >= 15 is 0 Å². The lowest BCUT2D eigenvalue weighted by atomic mass is 9.96. The summed E-state index contributed by atoms with van der Waals surface area (Å²) in [6.07, 6.45) is -4.10. The molecule has 0 aromatic carbocycles. The van der Waals surface area contributed by atoms with Crippen LogP contribution in [0.1, 0.15) is 6.42 Å². The van der Waals surface area contributed by atoms with E-state index in [0.717, 1.165) is 4.90 Å². The SMILES string of the molecule is COCCCNC(=O)N1C[C@@H](C(F)(F)F)[C@H](C(=O)O)C1. The second-order valence-corrected chi connectivity index (χ2v) is 4.58. The molecule has 116 valence electrons. The Balaban J connectivity index is 2.57. The van der Waals surface area contributed by atoms with Crippen LogP contribution in [0.4, 0.5) is 18.0 Å². The summed E-state index contributed by atoms with van der Waals surface area (Å²) in [4.78, 5) is 23.4. The predicted octanol–water partition coefficient (Wildman–Crippen LogP) is 0.927. The summed E-state index contributed by atoms with van der Waals surface area (Å²) in [7, 11) is 1.49. The summed E-state index contributed by atoms with van der Waals surface area (Å²) in [5.74, 6) is -5.17. The number of hydrogen-bond acceptors (Lipinski definition) is 3. The molecule has 0 bridgehead atoms. The number of aliphatic carboxylic acids is 1. The maximum atomic E-state index is 12.7. The lowest BCUT2D eigenvalue weighted by Crippen LogP contribution is -2.40. The van der Waals surface area contributed by atoms with Gasteiger partial charge in [0.1, 0.15) is 0 Å². The zero-order valence-electron chi connectivity index (χ0n) is 10.9. The Hall–Kier alpha value is -1.51. The smallest absolute Gasteiger partial charge is 0.394 e. The Morgan fingerprint density at radius 1 is 1.40 bits per heavy atom. The van der Waals surface area contributed by atoms with Gasteiger partial charge in [-0.2, -0.15) is 13.2 Å². The first-order valence-corrected chi connectivity index (χ1v) is 6.08. The van der Waals surface area contributed by atoms with E-state index in [0.29, 0.717) is 13.0 Å². The molecule has 1 aliphatic heterocycles. The van der Waals surface area contributed by atoms with Crippen molar-refractivity contribution in [1.29, 1.82) is 0 Å². The summed E-state index contributed by atoms with van der Waals surface area (Å²) in [6.45, 7) is -0.382. The fourth-order valence-electron chi connectivity index (χ4n) is 2.08. The zero-order chi connectivity index (χ0) is 15.3. The number of methoxy groups -OCH3 is 1. The summed E-state index contributed by atoms with van der Waals surface area (Å²) >= 11 is 0. The first-order chi connectivity index (χ1) is 9.27. The topological polar surface area (TPSA) is 78.9 Å². The van der Waals surface area contributed by atoms with E-state index in [1.54, 1.807) is 0 Å². The third-order valence-corrected chi connectivity index (χ3v) is 3.15. The third kappa shape index (κ3) is 4.26. The minimum absolute atomic E-state index is 0.262. The number of carbonyl (C=O) groups is 2. The van der Waals surface area contributed by atoms with Gasteiger partial charge in [0.25, 0.3) is 0 Å². The van der Waals surface area contributed by atoms with Crippen LogP contribution in [0.15, 0.2) is 0 Å². The summed E-state index contributed by atoms with van der Waals surface area (Å²) in [6, 6.07) is -0.681. The van der Waals surface area contributed by atoms with E-state index in [4.69, 9.17) is 9.84 Å². The van der Waals surface area contributed by atoms with Crippen LogP contribution in [0.2, 0.25) is 0 Å². The highest BCUT2D eigenvalue weighted by atomic mass is 19.4. The molecule has 6 nitrogen and oxygen atoms in total. The van der Waals surface area contributed by atoms with Crippen molar-refractivity contribution in [1.82, 2.24) is 10.2 Å². The summed E-state index contributed by atoms with van der Waals surface area (Å²) in [5, 5.41) is 11.3. The standard InChI is InChI=1S/C11H17F3N2O4/c1-20-4-2-3-15-10(19)16-5-7(9(17)18)8(6-16)11(12,13)14/h7-8H,2-6H2,1H3,(H,15,19)(H,17,18)/t7-,8-/m1/s1. The van der Waals surface area contributed by atoms with Gasteiger partial charge < -0.3 is 20.1 Å². The molecule has 0 aliphatic carbocycles. The first kappa shape index (κ1) is 16.5. The number of ether oxygens (including phenoxy) is 1. The van der Waals surface area contributed by atoms with Gasteiger partial charge in [-0.3, -0.25) is 4.79 Å². The highest BCUT2D eigenvalue weighted by Crippen LogP contribution is 2.37. The number of halogens is 3. The number of nitrogens with zero attached hydrogens (tertiary/aromatic N) is 1. The Morgan fingerprint density at radius 3 is 2.50 bits per heavy atom. The summed E-state index contributed by atoms with van der Waals surface area (Å²) in [5.41, 5.74) is 0. The fraction of sp³-hybridized carbons (Fsp3) is 0.818. The molecule has 1 heterocycles. The van der Waals surface area contributed by atoms with Gasteiger partial charge in [-0.25, -0.2) is 4.79 Å². The van der Waals surface area contributed by atoms with Gasteiger partial charge in [0.2, 0.25) is 0 Å². The van der Waals surface area contributed by atoms with Crippen molar-refractivity contribution in [3.8, 4) is 0 Å². The van der Waals surface area contributed by atoms with Crippen LogP contribution in [0.3, 0.4) is 0 Å². The van der Waals surface area contributed by atoms with Gasteiger partial charge in [-0.1, -0.05) is 0 Å².